The Hall–Kier alpha value is -1.08. The minimum atomic E-state index is 1.04. The van der Waals surface area contributed by atoms with Gasteiger partial charge in [0.2, 0.25) is 0 Å². The molecule has 16 heavy (non-hydrogen) atoms. The Morgan fingerprint density at radius 3 is 2.62 bits per heavy atom. The van der Waals surface area contributed by atoms with Crippen LogP contribution in [0.25, 0.3) is 11.1 Å². The van der Waals surface area contributed by atoms with Crippen molar-refractivity contribution in [3.8, 4) is 11.1 Å². The second kappa shape index (κ2) is 4.06. The summed E-state index contributed by atoms with van der Waals surface area (Å²) in [6, 6.07) is 15.4. The Kier molecular flexibility index (Phi) is 2.56. The molecule has 0 saturated heterocycles. The molecule has 0 aliphatic heterocycles. The quantitative estimate of drug-likeness (QED) is 0.614. The monoisotopic (exact) mass is 272 g/mol. The van der Waals surface area contributed by atoms with Gasteiger partial charge in [-0.15, -0.1) is 0 Å². The van der Waals surface area contributed by atoms with Gasteiger partial charge in [0.25, 0.3) is 0 Å². The molecule has 0 spiro atoms. The second-order valence-electron chi connectivity index (χ2n) is 4.22. The van der Waals surface area contributed by atoms with E-state index in [1.54, 1.807) is 0 Å². The molecule has 0 atom stereocenters. The van der Waals surface area contributed by atoms with E-state index in [1.807, 2.05) is 0 Å². The Morgan fingerprint density at radius 1 is 0.938 bits per heavy atom. The van der Waals surface area contributed by atoms with E-state index in [0.29, 0.717) is 0 Å². The van der Waals surface area contributed by atoms with Crippen LogP contribution in [-0.4, -0.2) is 5.33 Å². The van der Waals surface area contributed by atoms with E-state index in [2.05, 4.69) is 58.4 Å². The van der Waals surface area contributed by atoms with Crippen LogP contribution in [0.3, 0.4) is 0 Å². The molecule has 80 valence electrons. The number of fused-ring (bicyclic) bond motifs is 3. The largest absolute Gasteiger partial charge is 0.0924 e. The first-order chi connectivity index (χ1) is 7.90. The molecular formula is C15H13Br. The number of rotatable bonds is 2. The molecule has 3 rings (SSSR count). The number of benzene rings is 2. The summed E-state index contributed by atoms with van der Waals surface area (Å²) in [6.07, 6.45) is 2.23. The SMILES string of the molecule is BrCCc1cccc2c1Cc1ccccc1-2. The lowest BCUT2D eigenvalue weighted by Crippen LogP contribution is -1.93. The smallest absolute Gasteiger partial charge is 0.00719 e. The van der Waals surface area contributed by atoms with Crippen molar-refractivity contribution in [2.75, 3.05) is 5.33 Å². The zero-order valence-corrected chi connectivity index (χ0v) is 10.6. The molecule has 1 aliphatic rings. The zero-order chi connectivity index (χ0) is 11.0. The van der Waals surface area contributed by atoms with E-state index in [0.717, 1.165) is 18.2 Å². The molecule has 0 aromatic heterocycles. The van der Waals surface area contributed by atoms with Gasteiger partial charge in [0, 0.05) is 5.33 Å². The summed E-state index contributed by atoms with van der Waals surface area (Å²) in [5.74, 6) is 0. The lowest BCUT2D eigenvalue weighted by molar-refractivity contribution is 1.10. The molecular weight excluding hydrogens is 260 g/mol. The van der Waals surface area contributed by atoms with E-state index in [1.165, 1.54) is 27.8 Å². The first kappa shape index (κ1) is 10.1. The standard InChI is InChI=1S/C15H13Br/c16-9-8-11-5-3-7-14-13-6-2-1-4-12(13)10-15(11)14/h1-7H,8-10H2. The molecule has 2 aromatic carbocycles. The topological polar surface area (TPSA) is 0 Å². The van der Waals surface area contributed by atoms with Crippen LogP contribution in [0.15, 0.2) is 42.5 Å². The molecule has 1 heteroatoms. The lowest BCUT2D eigenvalue weighted by atomic mass is 10.00. The summed E-state index contributed by atoms with van der Waals surface area (Å²) in [6.45, 7) is 0. The van der Waals surface area contributed by atoms with Crippen LogP contribution in [0.2, 0.25) is 0 Å². The highest BCUT2D eigenvalue weighted by Gasteiger charge is 2.19. The number of alkyl halides is 1. The minimum absolute atomic E-state index is 1.04. The maximum Gasteiger partial charge on any atom is 0.00719 e. The van der Waals surface area contributed by atoms with Crippen LogP contribution in [-0.2, 0) is 12.8 Å². The average Bonchev–Trinajstić information content (AvgIpc) is 2.69. The summed E-state index contributed by atoms with van der Waals surface area (Å²) >= 11 is 3.53. The molecule has 1 aliphatic carbocycles. The average molecular weight is 273 g/mol. The summed E-state index contributed by atoms with van der Waals surface area (Å²) in [5, 5.41) is 1.04. The fourth-order valence-corrected chi connectivity index (χ4v) is 2.99. The lowest BCUT2D eigenvalue weighted by Gasteiger charge is -2.06. The maximum atomic E-state index is 3.53. The first-order valence-electron chi connectivity index (χ1n) is 5.65. The Bertz CT molecular complexity index is 529. The van der Waals surface area contributed by atoms with Gasteiger partial charge in [-0.3, -0.25) is 0 Å². The van der Waals surface area contributed by atoms with E-state index in [4.69, 9.17) is 0 Å². The van der Waals surface area contributed by atoms with Crippen LogP contribution < -0.4 is 0 Å². The van der Waals surface area contributed by atoms with Crippen LogP contribution in [0.4, 0.5) is 0 Å². The van der Waals surface area contributed by atoms with Crippen LogP contribution in [0.5, 0.6) is 0 Å². The van der Waals surface area contributed by atoms with Crippen molar-refractivity contribution < 1.29 is 0 Å². The van der Waals surface area contributed by atoms with Crippen molar-refractivity contribution in [1.82, 2.24) is 0 Å². The molecule has 0 unspecified atom stereocenters. The van der Waals surface area contributed by atoms with E-state index < -0.39 is 0 Å². The third kappa shape index (κ3) is 1.51. The summed E-state index contributed by atoms with van der Waals surface area (Å²) in [7, 11) is 0. The van der Waals surface area contributed by atoms with E-state index in [-0.39, 0.29) is 0 Å². The van der Waals surface area contributed by atoms with E-state index in [9.17, 15) is 0 Å². The highest BCUT2D eigenvalue weighted by atomic mass is 79.9. The molecule has 0 saturated carbocycles. The number of hydrogen-bond donors (Lipinski definition) is 0. The third-order valence-electron chi connectivity index (χ3n) is 3.31. The minimum Gasteiger partial charge on any atom is -0.0924 e. The summed E-state index contributed by atoms with van der Waals surface area (Å²) in [4.78, 5) is 0. The maximum absolute atomic E-state index is 3.53. The molecule has 0 amide bonds. The third-order valence-corrected chi connectivity index (χ3v) is 3.71. The van der Waals surface area contributed by atoms with Gasteiger partial charge >= 0.3 is 0 Å². The summed E-state index contributed by atoms with van der Waals surface area (Å²) < 4.78 is 0. The fraction of sp³-hybridized carbons (Fsp3) is 0.200. The highest BCUT2D eigenvalue weighted by molar-refractivity contribution is 9.09. The van der Waals surface area contributed by atoms with Crippen molar-refractivity contribution in [3.63, 3.8) is 0 Å². The van der Waals surface area contributed by atoms with Gasteiger partial charge in [-0.1, -0.05) is 58.4 Å². The normalized spacial score (nSPS) is 12.3. The van der Waals surface area contributed by atoms with Crippen molar-refractivity contribution >= 4 is 15.9 Å². The zero-order valence-electron chi connectivity index (χ0n) is 9.04. The fourth-order valence-electron chi connectivity index (χ4n) is 2.56. The van der Waals surface area contributed by atoms with Crippen molar-refractivity contribution in [2.24, 2.45) is 0 Å². The summed E-state index contributed by atoms with van der Waals surface area (Å²) in [5.41, 5.74) is 7.36. The van der Waals surface area contributed by atoms with Gasteiger partial charge in [-0.2, -0.15) is 0 Å². The Balaban J connectivity index is 2.16. The van der Waals surface area contributed by atoms with Gasteiger partial charge < -0.3 is 0 Å². The predicted molar refractivity (Wildman–Crippen MR) is 72.2 cm³/mol. The first-order valence-corrected chi connectivity index (χ1v) is 6.77. The Morgan fingerprint density at radius 2 is 1.75 bits per heavy atom. The van der Waals surface area contributed by atoms with Crippen LogP contribution in [0.1, 0.15) is 16.7 Å². The second-order valence-corrected chi connectivity index (χ2v) is 5.01. The predicted octanol–water partition coefficient (Wildman–Crippen LogP) is 4.20. The van der Waals surface area contributed by atoms with Crippen LogP contribution >= 0.6 is 15.9 Å². The molecule has 0 nitrogen and oxygen atoms in total. The van der Waals surface area contributed by atoms with Crippen molar-refractivity contribution in [1.29, 1.82) is 0 Å². The van der Waals surface area contributed by atoms with Gasteiger partial charge in [-0.05, 0) is 40.7 Å². The van der Waals surface area contributed by atoms with Crippen LogP contribution in [0, 0.1) is 0 Å². The molecule has 2 aromatic rings. The number of aryl methyl sites for hydroxylation is 1. The highest BCUT2D eigenvalue weighted by Crippen LogP contribution is 2.38. The molecule has 0 fully saturated rings. The molecule has 0 radical (unpaired) electrons. The molecule has 0 N–H and O–H groups in total. The Labute approximate surface area is 104 Å². The molecule has 0 heterocycles. The molecule has 0 bridgehead atoms. The van der Waals surface area contributed by atoms with Gasteiger partial charge in [-0.25, -0.2) is 0 Å². The number of halogens is 1. The van der Waals surface area contributed by atoms with Gasteiger partial charge in [0.05, 0.1) is 0 Å². The van der Waals surface area contributed by atoms with Gasteiger partial charge in [0.1, 0.15) is 0 Å². The van der Waals surface area contributed by atoms with E-state index >= 15 is 0 Å². The van der Waals surface area contributed by atoms with Gasteiger partial charge in [0.15, 0.2) is 0 Å². The number of hydrogen-bond acceptors (Lipinski definition) is 0. The van der Waals surface area contributed by atoms with Crippen molar-refractivity contribution in [3.05, 3.63) is 59.2 Å². The van der Waals surface area contributed by atoms with Crippen molar-refractivity contribution in [2.45, 2.75) is 12.8 Å².